The van der Waals surface area contributed by atoms with Crippen molar-refractivity contribution in [2.75, 3.05) is 19.7 Å². The molecule has 0 aliphatic carbocycles. The number of nitrogens with one attached hydrogen (secondary N) is 1. The first-order valence-electron chi connectivity index (χ1n) is 10.4. The first-order valence-corrected chi connectivity index (χ1v) is 10.4. The van der Waals surface area contributed by atoms with Crippen LogP contribution in [0.2, 0.25) is 0 Å². The van der Waals surface area contributed by atoms with Crippen molar-refractivity contribution in [2.24, 2.45) is 11.8 Å². The highest BCUT2D eigenvalue weighted by molar-refractivity contribution is 5.89. The molecular formula is C24H28N2O4. The lowest BCUT2D eigenvalue weighted by Gasteiger charge is -2.19. The molecule has 2 amide bonds. The lowest BCUT2D eigenvalue weighted by Crippen LogP contribution is -2.39. The molecule has 3 rings (SSSR count). The fourth-order valence-corrected chi connectivity index (χ4v) is 3.67. The van der Waals surface area contributed by atoms with Gasteiger partial charge in [-0.15, -0.1) is 0 Å². The Hall–Kier alpha value is -3.15. The molecule has 1 aliphatic heterocycles. The fraction of sp³-hybridized carbons (Fsp3) is 0.375. The zero-order valence-corrected chi connectivity index (χ0v) is 17.3. The Morgan fingerprint density at radius 3 is 2.33 bits per heavy atom. The number of hydrogen-bond acceptors (Lipinski definition) is 4. The SMILES string of the molecule is CCOC(=O)C(CNC(=O)C1CC(=O)N(Cc2ccccc2)C1)Cc1ccccc1. The van der Waals surface area contributed by atoms with Crippen LogP contribution in [0.3, 0.4) is 0 Å². The number of esters is 1. The lowest BCUT2D eigenvalue weighted by atomic mass is 9.98. The van der Waals surface area contributed by atoms with Gasteiger partial charge in [-0.05, 0) is 24.5 Å². The Morgan fingerprint density at radius 2 is 1.70 bits per heavy atom. The third-order valence-corrected chi connectivity index (χ3v) is 5.27. The predicted octanol–water partition coefficient (Wildman–Crippen LogP) is 2.57. The van der Waals surface area contributed by atoms with Gasteiger partial charge in [0.2, 0.25) is 11.8 Å². The van der Waals surface area contributed by atoms with Crippen LogP contribution in [0.25, 0.3) is 0 Å². The monoisotopic (exact) mass is 408 g/mol. The highest BCUT2D eigenvalue weighted by atomic mass is 16.5. The molecule has 1 fully saturated rings. The Labute approximate surface area is 177 Å². The molecule has 0 aromatic heterocycles. The number of carbonyl (C=O) groups is 3. The van der Waals surface area contributed by atoms with Gasteiger partial charge in [-0.1, -0.05) is 60.7 Å². The number of likely N-dealkylation sites (tertiary alicyclic amines) is 1. The molecular weight excluding hydrogens is 380 g/mol. The van der Waals surface area contributed by atoms with Gasteiger partial charge in [0.1, 0.15) is 0 Å². The second-order valence-corrected chi connectivity index (χ2v) is 7.54. The van der Waals surface area contributed by atoms with Crippen LogP contribution in [0.5, 0.6) is 0 Å². The van der Waals surface area contributed by atoms with Gasteiger partial charge in [-0.2, -0.15) is 0 Å². The molecule has 30 heavy (non-hydrogen) atoms. The maximum atomic E-state index is 12.7. The summed E-state index contributed by atoms with van der Waals surface area (Å²) >= 11 is 0. The Kier molecular flexibility index (Phi) is 7.60. The summed E-state index contributed by atoms with van der Waals surface area (Å²) in [5.41, 5.74) is 2.05. The number of carbonyl (C=O) groups excluding carboxylic acids is 3. The van der Waals surface area contributed by atoms with Crippen LogP contribution in [0.4, 0.5) is 0 Å². The molecule has 0 radical (unpaired) electrons. The Bertz CT molecular complexity index is 854. The van der Waals surface area contributed by atoms with Gasteiger partial charge in [0.15, 0.2) is 0 Å². The standard InChI is InChI=1S/C24H28N2O4/c1-2-30-24(29)20(13-18-9-5-3-6-10-18)15-25-23(28)21-14-22(27)26(17-21)16-19-11-7-4-8-12-19/h3-12,20-21H,2,13-17H2,1H3,(H,25,28). The van der Waals surface area contributed by atoms with Crippen LogP contribution in [0.15, 0.2) is 60.7 Å². The summed E-state index contributed by atoms with van der Waals surface area (Å²) in [6.45, 7) is 3.15. The van der Waals surface area contributed by atoms with Crippen molar-refractivity contribution in [3.05, 3.63) is 71.8 Å². The maximum absolute atomic E-state index is 12.7. The van der Waals surface area contributed by atoms with Crippen molar-refractivity contribution in [2.45, 2.75) is 26.3 Å². The summed E-state index contributed by atoms with van der Waals surface area (Å²) < 4.78 is 5.18. The molecule has 6 nitrogen and oxygen atoms in total. The summed E-state index contributed by atoms with van der Waals surface area (Å²) in [6, 6.07) is 19.4. The minimum absolute atomic E-state index is 0.0229. The average Bonchev–Trinajstić information content (AvgIpc) is 3.13. The van der Waals surface area contributed by atoms with Crippen molar-refractivity contribution >= 4 is 17.8 Å². The zero-order chi connectivity index (χ0) is 21.3. The molecule has 158 valence electrons. The summed E-state index contributed by atoms with van der Waals surface area (Å²) in [5, 5.41) is 2.87. The highest BCUT2D eigenvalue weighted by Crippen LogP contribution is 2.20. The Morgan fingerprint density at radius 1 is 1.07 bits per heavy atom. The normalized spacial score (nSPS) is 16.9. The third kappa shape index (κ3) is 5.92. The van der Waals surface area contributed by atoms with E-state index in [1.165, 1.54) is 0 Å². The van der Waals surface area contributed by atoms with Crippen LogP contribution in [-0.2, 0) is 32.1 Å². The van der Waals surface area contributed by atoms with Crippen LogP contribution >= 0.6 is 0 Å². The number of nitrogens with zero attached hydrogens (tertiary/aromatic N) is 1. The topological polar surface area (TPSA) is 75.7 Å². The highest BCUT2D eigenvalue weighted by Gasteiger charge is 2.34. The molecule has 1 aliphatic rings. The van der Waals surface area contributed by atoms with E-state index in [1.54, 1.807) is 11.8 Å². The van der Waals surface area contributed by atoms with Gasteiger partial charge >= 0.3 is 5.97 Å². The second-order valence-electron chi connectivity index (χ2n) is 7.54. The number of amides is 2. The zero-order valence-electron chi connectivity index (χ0n) is 17.3. The van der Waals surface area contributed by atoms with Gasteiger partial charge < -0.3 is 15.0 Å². The summed E-state index contributed by atoms with van der Waals surface area (Å²) in [4.78, 5) is 39.1. The predicted molar refractivity (Wildman–Crippen MR) is 113 cm³/mol. The van der Waals surface area contributed by atoms with E-state index in [9.17, 15) is 14.4 Å². The summed E-state index contributed by atoms with van der Waals surface area (Å²) in [5.74, 6) is -1.41. The Balaban J connectivity index is 1.55. The van der Waals surface area contributed by atoms with Crippen LogP contribution in [-0.4, -0.2) is 42.4 Å². The van der Waals surface area contributed by atoms with Gasteiger partial charge in [-0.3, -0.25) is 14.4 Å². The quantitative estimate of drug-likeness (QED) is 0.647. The largest absolute Gasteiger partial charge is 0.466 e. The van der Waals surface area contributed by atoms with Crippen LogP contribution in [0.1, 0.15) is 24.5 Å². The minimum Gasteiger partial charge on any atom is -0.466 e. The molecule has 0 bridgehead atoms. The summed E-state index contributed by atoms with van der Waals surface area (Å²) in [7, 11) is 0. The first kappa shape index (κ1) is 21.6. The van der Waals surface area contributed by atoms with E-state index in [1.807, 2.05) is 60.7 Å². The molecule has 2 aromatic carbocycles. The van der Waals surface area contributed by atoms with Crippen molar-refractivity contribution in [1.82, 2.24) is 10.2 Å². The van der Waals surface area contributed by atoms with E-state index in [0.29, 0.717) is 26.1 Å². The van der Waals surface area contributed by atoms with Gasteiger partial charge in [0, 0.05) is 26.1 Å². The van der Waals surface area contributed by atoms with Crippen molar-refractivity contribution in [3.63, 3.8) is 0 Å². The minimum atomic E-state index is -0.464. The number of benzene rings is 2. The molecule has 6 heteroatoms. The van der Waals surface area contributed by atoms with Gasteiger partial charge in [-0.25, -0.2) is 0 Å². The third-order valence-electron chi connectivity index (χ3n) is 5.27. The number of hydrogen-bond donors (Lipinski definition) is 1. The van der Waals surface area contributed by atoms with Gasteiger partial charge in [0.05, 0.1) is 18.4 Å². The number of rotatable bonds is 9. The lowest BCUT2D eigenvalue weighted by molar-refractivity contribution is -0.148. The smallest absolute Gasteiger partial charge is 0.311 e. The van der Waals surface area contributed by atoms with E-state index in [2.05, 4.69) is 5.32 Å². The van der Waals surface area contributed by atoms with Crippen molar-refractivity contribution in [1.29, 1.82) is 0 Å². The van der Waals surface area contributed by atoms with Crippen molar-refractivity contribution in [3.8, 4) is 0 Å². The fourth-order valence-electron chi connectivity index (χ4n) is 3.67. The molecule has 0 saturated carbocycles. The van der Waals surface area contributed by atoms with Crippen LogP contribution in [0, 0.1) is 11.8 Å². The van der Waals surface area contributed by atoms with E-state index in [-0.39, 0.29) is 30.7 Å². The maximum Gasteiger partial charge on any atom is 0.311 e. The van der Waals surface area contributed by atoms with Crippen LogP contribution < -0.4 is 5.32 Å². The van der Waals surface area contributed by atoms with E-state index >= 15 is 0 Å². The second kappa shape index (κ2) is 10.6. The molecule has 2 atom stereocenters. The number of ether oxygens (including phenoxy) is 1. The molecule has 1 saturated heterocycles. The van der Waals surface area contributed by atoms with E-state index in [4.69, 9.17) is 4.74 Å². The van der Waals surface area contributed by atoms with Gasteiger partial charge in [0.25, 0.3) is 0 Å². The molecule has 1 N–H and O–H groups in total. The molecule has 2 unspecified atom stereocenters. The average molecular weight is 408 g/mol. The molecule has 0 spiro atoms. The first-order chi connectivity index (χ1) is 14.6. The van der Waals surface area contributed by atoms with E-state index in [0.717, 1.165) is 11.1 Å². The molecule has 2 aromatic rings. The van der Waals surface area contributed by atoms with Crippen molar-refractivity contribution < 1.29 is 19.1 Å². The summed E-state index contributed by atoms with van der Waals surface area (Å²) in [6.07, 6.45) is 0.686. The molecule has 1 heterocycles. The van der Waals surface area contributed by atoms with E-state index < -0.39 is 11.8 Å².